The molecule has 11 heteroatoms. The van der Waals surface area contributed by atoms with Crippen LogP contribution in [0.2, 0.25) is 5.02 Å². The van der Waals surface area contributed by atoms with Crippen LogP contribution in [-0.4, -0.2) is 46.3 Å². The lowest BCUT2D eigenvalue weighted by atomic mass is 10.1. The van der Waals surface area contributed by atoms with E-state index in [4.69, 9.17) is 35.3 Å². The topological polar surface area (TPSA) is 118 Å². The van der Waals surface area contributed by atoms with E-state index in [-0.39, 0.29) is 17.0 Å². The Kier molecular flexibility index (Phi) is 9.77. The maximum absolute atomic E-state index is 12.6. The first-order chi connectivity index (χ1) is 18.8. The number of allylic oxidation sites excluding steroid dienone is 1. The van der Waals surface area contributed by atoms with Crippen LogP contribution in [0, 0.1) is 10.1 Å². The van der Waals surface area contributed by atoms with Crippen LogP contribution in [0.3, 0.4) is 0 Å². The van der Waals surface area contributed by atoms with Gasteiger partial charge in [-0.2, -0.15) is 0 Å². The standard InChI is InChI=1S/C28H27ClN2O8/c1-35-24-9-8-19(16-22(24)31(33)34)23(32)10-11-30-21-13-17(12-20(29)27(21)38-4)6-7-18-14-25(36-2)28(39-5)26(15-18)37-3/h6-16,30H,1-5H3/b7-6-,11-10-. The molecule has 0 fully saturated rings. The lowest BCUT2D eigenvalue weighted by molar-refractivity contribution is -0.385. The Morgan fingerprint density at radius 3 is 1.95 bits per heavy atom. The lowest BCUT2D eigenvalue weighted by Crippen LogP contribution is -2.00. The summed E-state index contributed by atoms with van der Waals surface area (Å²) in [6.07, 6.45) is 6.33. The van der Waals surface area contributed by atoms with Crippen LogP contribution in [0.15, 0.2) is 54.7 Å². The summed E-state index contributed by atoms with van der Waals surface area (Å²) in [6.45, 7) is 0. The van der Waals surface area contributed by atoms with E-state index in [1.165, 1.54) is 45.7 Å². The number of ether oxygens (including phenoxy) is 5. The second-order valence-corrected chi connectivity index (χ2v) is 8.27. The Balaban J connectivity index is 1.86. The number of hydrogen-bond acceptors (Lipinski definition) is 9. The van der Waals surface area contributed by atoms with Crippen LogP contribution in [-0.2, 0) is 0 Å². The Hall–Kier alpha value is -4.70. The molecule has 0 amide bonds. The van der Waals surface area contributed by atoms with E-state index < -0.39 is 10.7 Å². The number of halogens is 1. The fourth-order valence-corrected chi connectivity index (χ4v) is 4.01. The molecule has 3 rings (SSSR count). The number of carbonyl (C=O) groups excluding carboxylic acids is 1. The van der Waals surface area contributed by atoms with Crippen LogP contribution in [0.5, 0.6) is 28.7 Å². The van der Waals surface area contributed by atoms with Crippen LogP contribution >= 0.6 is 11.6 Å². The van der Waals surface area contributed by atoms with Crippen molar-refractivity contribution in [1.29, 1.82) is 0 Å². The summed E-state index contributed by atoms with van der Waals surface area (Å²) in [4.78, 5) is 23.3. The number of nitrogens with zero attached hydrogens (tertiary/aromatic N) is 1. The Labute approximate surface area is 230 Å². The largest absolute Gasteiger partial charge is 0.493 e. The number of rotatable bonds is 12. The summed E-state index contributed by atoms with van der Waals surface area (Å²) in [7, 11) is 7.41. The number of nitro groups is 1. The van der Waals surface area contributed by atoms with Crippen molar-refractivity contribution >= 4 is 40.9 Å². The first-order valence-electron chi connectivity index (χ1n) is 11.4. The van der Waals surface area contributed by atoms with Gasteiger partial charge in [0.1, 0.15) is 0 Å². The van der Waals surface area contributed by atoms with Crippen molar-refractivity contribution in [3.63, 3.8) is 0 Å². The summed E-state index contributed by atoms with van der Waals surface area (Å²) in [5.74, 6) is 1.51. The monoisotopic (exact) mass is 554 g/mol. The minimum Gasteiger partial charge on any atom is -0.493 e. The number of methoxy groups -OCH3 is 5. The molecule has 0 spiro atoms. The average molecular weight is 555 g/mol. The van der Waals surface area contributed by atoms with Gasteiger partial charge in [-0.3, -0.25) is 14.9 Å². The van der Waals surface area contributed by atoms with Crippen molar-refractivity contribution in [2.45, 2.75) is 0 Å². The Morgan fingerprint density at radius 2 is 1.41 bits per heavy atom. The van der Waals surface area contributed by atoms with Crippen molar-refractivity contribution in [3.05, 3.63) is 86.6 Å². The molecular formula is C28H27ClN2O8. The molecule has 0 saturated carbocycles. The molecule has 10 nitrogen and oxygen atoms in total. The molecule has 0 aliphatic heterocycles. The van der Waals surface area contributed by atoms with Crippen molar-refractivity contribution in [2.24, 2.45) is 0 Å². The third-order valence-corrected chi connectivity index (χ3v) is 5.84. The van der Waals surface area contributed by atoms with Gasteiger partial charge in [-0.25, -0.2) is 0 Å². The fraction of sp³-hybridized carbons (Fsp3) is 0.179. The van der Waals surface area contributed by atoms with Gasteiger partial charge in [0.15, 0.2) is 28.8 Å². The fourth-order valence-electron chi connectivity index (χ4n) is 3.70. The number of ketones is 1. The van der Waals surface area contributed by atoms with Gasteiger partial charge in [0.05, 0.1) is 51.2 Å². The number of benzene rings is 3. The number of anilines is 1. The zero-order valence-corrected chi connectivity index (χ0v) is 22.7. The van der Waals surface area contributed by atoms with Crippen molar-refractivity contribution in [2.75, 3.05) is 40.9 Å². The zero-order chi connectivity index (χ0) is 28.5. The normalized spacial score (nSPS) is 10.9. The van der Waals surface area contributed by atoms with Gasteiger partial charge in [-0.1, -0.05) is 23.8 Å². The molecule has 0 heterocycles. The molecule has 0 radical (unpaired) electrons. The summed E-state index contributed by atoms with van der Waals surface area (Å²) in [5, 5.41) is 14.6. The quantitative estimate of drug-likeness (QED) is 0.0908. The molecule has 3 aromatic carbocycles. The molecule has 0 aromatic heterocycles. The predicted octanol–water partition coefficient (Wildman–Crippen LogP) is 6.27. The van der Waals surface area contributed by atoms with E-state index in [1.54, 1.807) is 38.5 Å². The Morgan fingerprint density at radius 1 is 0.821 bits per heavy atom. The van der Waals surface area contributed by atoms with E-state index in [0.29, 0.717) is 33.7 Å². The number of nitrogens with one attached hydrogen (secondary N) is 1. The summed E-state index contributed by atoms with van der Waals surface area (Å²) < 4.78 is 26.6. The van der Waals surface area contributed by atoms with Crippen LogP contribution < -0.4 is 29.0 Å². The van der Waals surface area contributed by atoms with Gasteiger partial charge >= 0.3 is 5.69 Å². The first kappa shape index (κ1) is 28.9. The molecule has 0 saturated heterocycles. The maximum atomic E-state index is 12.6. The summed E-state index contributed by atoms with van der Waals surface area (Å²) in [5.41, 5.74) is 1.87. The van der Waals surface area contributed by atoms with Gasteiger partial charge < -0.3 is 29.0 Å². The second-order valence-electron chi connectivity index (χ2n) is 7.86. The lowest BCUT2D eigenvalue weighted by Gasteiger charge is -2.13. The van der Waals surface area contributed by atoms with Gasteiger partial charge in [-0.05, 0) is 47.5 Å². The predicted molar refractivity (Wildman–Crippen MR) is 150 cm³/mol. The van der Waals surface area contributed by atoms with Crippen LogP contribution in [0.25, 0.3) is 12.2 Å². The minimum absolute atomic E-state index is 0.0643. The van der Waals surface area contributed by atoms with Gasteiger partial charge in [-0.15, -0.1) is 0 Å². The molecule has 0 atom stereocenters. The number of carbonyl (C=O) groups is 1. The molecule has 0 aliphatic carbocycles. The molecule has 204 valence electrons. The van der Waals surface area contributed by atoms with Crippen molar-refractivity contribution in [3.8, 4) is 28.7 Å². The van der Waals surface area contributed by atoms with Crippen LogP contribution in [0.1, 0.15) is 21.5 Å². The smallest absolute Gasteiger partial charge is 0.311 e. The first-order valence-corrected chi connectivity index (χ1v) is 11.8. The van der Waals surface area contributed by atoms with E-state index in [0.717, 1.165) is 17.2 Å². The van der Waals surface area contributed by atoms with Crippen molar-refractivity contribution in [1.82, 2.24) is 0 Å². The van der Waals surface area contributed by atoms with E-state index >= 15 is 0 Å². The van der Waals surface area contributed by atoms with E-state index in [2.05, 4.69) is 5.32 Å². The number of nitro benzene ring substituents is 1. The molecule has 0 unspecified atom stereocenters. The molecule has 3 aromatic rings. The molecule has 39 heavy (non-hydrogen) atoms. The second kappa shape index (κ2) is 13.2. The van der Waals surface area contributed by atoms with Crippen molar-refractivity contribution < 1.29 is 33.4 Å². The zero-order valence-electron chi connectivity index (χ0n) is 21.9. The van der Waals surface area contributed by atoms with Gasteiger partial charge in [0.25, 0.3) is 0 Å². The van der Waals surface area contributed by atoms with E-state index in [9.17, 15) is 14.9 Å². The average Bonchev–Trinajstić information content (AvgIpc) is 2.94. The highest BCUT2D eigenvalue weighted by molar-refractivity contribution is 6.32. The molecular weight excluding hydrogens is 528 g/mol. The molecule has 0 bridgehead atoms. The minimum atomic E-state index is -0.610. The molecule has 0 aliphatic rings. The maximum Gasteiger partial charge on any atom is 0.311 e. The van der Waals surface area contributed by atoms with E-state index in [1.807, 2.05) is 12.2 Å². The van der Waals surface area contributed by atoms with Crippen LogP contribution in [0.4, 0.5) is 11.4 Å². The van der Waals surface area contributed by atoms with Gasteiger partial charge in [0.2, 0.25) is 5.75 Å². The Bertz CT molecular complexity index is 1410. The SMILES string of the molecule is COc1ccc(C(=O)/C=C\Nc2cc(/C=C\c3cc(OC)c(OC)c(OC)c3)cc(Cl)c2OC)cc1[N+](=O)[O-]. The summed E-state index contributed by atoms with van der Waals surface area (Å²) >= 11 is 6.44. The third-order valence-electron chi connectivity index (χ3n) is 5.56. The highest BCUT2D eigenvalue weighted by Crippen LogP contribution is 2.39. The molecule has 1 N–H and O–H groups in total. The number of hydrogen-bond donors (Lipinski definition) is 1. The van der Waals surface area contributed by atoms with Gasteiger partial charge in [0, 0.05) is 23.9 Å². The highest BCUT2D eigenvalue weighted by Gasteiger charge is 2.17. The highest BCUT2D eigenvalue weighted by atomic mass is 35.5. The summed E-state index contributed by atoms with van der Waals surface area (Å²) in [6, 6.07) is 11.1. The third kappa shape index (κ3) is 6.79.